The van der Waals surface area contributed by atoms with E-state index in [9.17, 15) is 19.1 Å². The van der Waals surface area contributed by atoms with Crippen LogP contribution in [0.25, 0.3) is 0 Å². The number of hydrogen-bond donors (Lipinski definition) is 5. The van der Waals surface area contributed by atoms with Crippen molar-refractivity contribution < 1.29 is 74.0 Å². The summed E-state index contributed by atoms with van der Waals surface area (Å²) in [5.74, 6) is 0. The zero-order chi connectivity index (χ0) is 18.0. The fourth-order valence-corrected chi connectivity index (χ4v) is 3.63. The van der Waals surface area contributed by atoms with E-state index in [1.807, 2.05) is 6.92 Å². The number of aliphatic hydroxyl groups is 2. The van der Waals surface area contributed by atoms with Crippen LogP contribution in [-0.4, -0.2) is 67.1 Å². The number of unbranched alkanes of at least 4 members (excludes halogenated alkanes) is 2. The molecule has 0 bridgehead atoms. The third-order valence-electron chi connectivity index (χ3n) is 2.89. The van der Waals surface area contributed by atoms with E-state index in [0.717, 1.165) is 19.3 Å². The minimum Gasteiger partial charge on any atom is -0.776 e. The Hall–Kier alpha value is 1.14. The predicted molar refractivity (Wildman–Crippen MR) is 84.8 cm³/mol. The Labute approximate surface area is 165 Å². The molecule has 0 saturated carbocycles. The van der Waals surface area contributed by atoms with Crippen molar-refractivity contribution in [3.05, 3.63) is 0 Å². The molecule has 2 unspecified atom stereocenters. The summed E-state index contributed by atoms with van der Waals surface area (Å²) in [5, 5.41) is 13.7. The van der Waals surface area contributed by atoms with E-state index in [4.69, 9.17) is 19.8 Å². The van der Waals surface area contributed by atoms with E-state index in [0.29, 0.717) is 6.54 Å². The molecule has 10 nitrogen and oxygen atoms in total. The maximum atomic E-state index is 11.1. The zero-order valence-corrected chi connectivity index (χ0v) is 18.5. The maximum Gasteiger partial charge on any atom is 1.00 e. The monoisotopic (exact) mass is 405 g/mol. The van der Waals surface area contributed by atoms with Gasteiger partial charge in [0.05, 0.1) is 0 Å². The van der Waals surface area contributed by atoms with Gasteiger partial charge in [0.1, 0.15) is 0 Å². The minimum atomic E-state index is -5.58. The van der Waals surface area contributed by atoms with Gasteiger partial charge in [0.15, 0.2) is 7.60 Å². The summed E-state index contributed by atoms with van der Waals surface area (Å²) in [6, 6.07) is 0. The fraction of sp³-hybridized carbons (Fsp3) is 1.00. The molecule has 0 rings (SSSR count). The van der Waals surface area contributed by atoms with Gasteiger partial charge >= 0.3 is 37.2 Å². The Balaban J connectivity index is -0.000000370. The van der Waals surface area contributed by atoms with E-state index in [2.05, 4.69) is 0 Å². The average molecular weight is 405 g/mol. The third-order valence-corrected chi connectivity index (χ3v) is 6.72. The minimum absolute atomic E-state index is 0. The van der Waals surface area contributed by atoms with Gasteiger partial charge in [-0.15, -0.1) is 0 Å². The molecule has 13 heteroatoms. The van der Waals surface area contributed by atoms with Crippen LogP contribution in [0.2, 0.25) is 0 Å². The predicted octanol–water partition coefficient (Wildman–Crippen LogP) is -3.95. The summed E-state index contributed by atoms with van der Waals surface area (Å²) in [7, 11) is -9.33. The van der Waals surface area contributed by atoms with Crippen molar-refractivity contribution in [2.75, 3.05) is 26.7 Å². The summed E-state index contributed by atoms with van der Waals surface area (Å²) < 4.78 is 22.1. The smallest absolute Gasteiger partial charge is 0.776 e. The molecule has 144 valence electrons. The topological polar surface area (TPSA) is 193 Å². The Kier molecular flexibility index (Phi) is 20.8. The molecule has 0 aliphatic carbocycles. The quantitative estimate of drug-likeness (QED) is 0.145. The first-order valence-electron chi connectivity index (χ1n) is 6.98. The maximum absolute atomic E-state index is 11.1. The van der Waals surface area contributed by atoms with Crippen LogP contribution in [-0.2, 0) is 9.13 Å². The molecule has 2 atom stereocenters. The van der Waals surface area contributed by atoms with Gasteiger partial charge in [-0.2, -0.15) is 0 Å². The van der Waals surface area contributed by atoms with Gasteiger partial charge in [0, 0.05) is 19.6 Å². The van der Waals surface area contributed by atoms with Crippen LogP contribution in [0.3, 0.4) is 0 Å². The summed E-state index contributed by atoms with van der Waals surface area (Å²) in [4.78, 5) is 39.3. The SMILES string of the molecule is CCCCCN(C)CCC(O)(P(=O)([O-])O)P(=O)(O)O.CCO.O.[Na+]. The molecule has 7 N–H and O–H groups in total. The van der Waals surface area contributed by atoms with Crippen molar-refractivity contribution >= 4 is 15.2 Å². The second-order valence-electron chi connectivity index (χ2n) is 4.92. The van der Waals surface area contributed by atoms with E-state index < -0.39 is 26.7 Å². The summed E-state index contributed by atoms with van der Waals surface area (Å²) in [6.07, 6.45) is 2.09. The van der Waals surface area contributed by atoms with Gasteiger partial charge in [-0.05, 0) is 26.9 Å². The molecule has 0 amide bonds. The van der Waals surface area contributed by atoms with Crippen molar-refractivity contribution in [1.29, 1.82) is 0 Å². The molecule has 0 aliphatic rings. The van der Waals surface area contributed by atoms with Crippen LogP contribution < -0.4 is 34.5 Å². The van der Waals surface area contributed by atoms with Crippen LogP contribution in [0.15, 0.2) is 0 Å². The van der Waals surface area contributed by atoms with Gasteiger partial charge in [-0.1, -0.05) is 19.8 Å². The van der Waals surface area contributed by atoms with Crippen LogP contribution in [0.4, 0.5) is 0 Å². The molecule has 0 saturated heterocycles. The van der Waals surface area contributed by atoms with E-state index in [1.165, 1.54) is 0 Å². The number of hydrogen-bond acceptors (Lipinski definition) is 6. The first kappa shape index (κ1) is 32.8. The summed E-state index contributed by atoms with van der Waals surface area (Å²) in [6.45, 7) is 4.50. The van der Waals surface area contributed by atoms with Crippen molar-refractivity contribution in [3.8, 4) is 0 Å². The van der Waals surface area contributed by atoms with Gasteiger partial charge in [-0.25, -0.2) is 0 Å². The van der Waals surface area contributed by atoms with Crippen LogP contribution >= 0.6 is 15.2 Å². The van der Waals surface area contributed by atoms with E-state index >= 15 is 0 Å². The first-order chi connectivity index (χ1) is 9.87. The summed E-state index contributed by atoms with van der Waals surface area (Å²) in [5.41, 5.74) is 0. The van der Waals surface area contributed by atoms with Gasteiger partial charge in [0.25, 0.3) is 0 Å². The van der Waals surface area contributed by atoms with Crippen LogP contribution in [0.1, 0.15) is 39.5 Å². The molecule has 0 fully saturated rings. The van der Waals surface area contributed by atoms with Crippen molar-refractivity contribution in [2.24, 2.45) is 0 Å². The second-order valence-corrected chi connectivity index (χ2v) is 8.88. The zero-order valence-electron chi connectivity index (χ0n) is 14.8. The summed E-state index contributed by atoms with van der Waals surface area (Å²) >= 11 is 0. The van der Waals surface area contributed by atoms with Crippen LogP contribution in [0, 0.1) is 0 Å². The first-order valence-corrected chi connectivity index (χ1v) is 10.2. The van der Waals surface area contributed by atoms with Crippen LogP contribution in [0.5, 0.6) is 0 Å². The van der Waals surface area contributed by atoms with Crippen molar-refractivity contribution in [3.63, 3.8) is 0 Å². The molecule has 0 radical (unpaired) electrons. The number of aliphatic hydroxyl groups excluding tert-OH is 1. The van der Waals surface area contributed by atoms with Gasteiger partial charge < -0.3 is 44.7 Å². The standard InChI is InChI=1S/C9H23NO7P2.C2H6O.Na.H2O/c1-3-4-5-7-10(2)8-6-9(11,18(12,13)14)19(15,16)17;1-2-3;;/h11H,3-8H2,1-2H3,(H2,12,13,14)(H2,15,16,17);3H,2H2,1H3;;1H2/q;;+1;/p-1. The molecule has 0 aromatic carbocycles. The Morgan fingerprint density at radius 3 is 1.79 bits per heavy atom. The molecule has 0 aromatic rings. The third kappa shape index (κ3) is 12.5. The molecular weight excluding hydrogens is 375 g/mol. The molecule has 24 heavy (non-hydrogen) atoms. The Bertz CT molecular complexity index is 366. The normalized spacial score (nSPS) is 15.9. The molecule has 0 heterocycles. The molecule has 0 aliphatic heterocycles. The molecule has 0 aromatic heterocycles. The van der Waals surface area contributed by atoms with Gasteiger partial charge in [-0.3, -0.25) is 4.57 Å². The van der Waals surface area contributed by atoms with E-state index in [-0.39, 0.29) is 48.2 Å². The van der Waals surface area contributed by atoms with Crippen molar-refractivity contribution in [2.45, 2.75) is 44.6 Å². The largest absolute Gasteiger partial charge is 1.00 e. The molecule has 0 spiro atoms. The number of rotatable bonds is 9. The second kappa shape index (κ2) is 15.2. The van der Waals surface area contributed by atoms with Gasteiger partial charge in [0.2, 0.25) is 5.08 Å². The van der Waals surface area contributed by atoms with E-state index in [1.54, 1.807) is 18.9 Å². The van der Waals surface area contributed by atoms with Crippen molar-refractivity contribution in [1.82, 2.24) is 4.90 Å². The Morgan fingerprint density at radius 2 is 1.50 bits per heavy atom. The fourth-order valence-electron chi connectivity index (χ4n) is 1.54. The average Bonchev–Trinajstić information content (AvgIpc) is 2.34. The Morgan fingerprint density at radius 1 is 1.08 bits per heavy atom. The number of nitrogens with zero attached hydrogens (tertiary/aromatic N) is 1. The molecular formula is C11H30NNaO9P2.